The van der Waals surface area contributed by atoms with Crippen LogP contribution in [0.25, 0.3) is 10.9 Å². The van der Waals surface area contributed by atoms with Gasteiger partial charge in [-0.1, -0.05) is 15.9 Å². The molecule has 0 radical (unpaired) electrons. The molecule has 0 saturated carbocycles. The summed E-state index contributed by atoms with van der Waals surface area (Å²) in [4.78, 5) is 17.9. The third-order valence-electron chi connectivity index (χ3n) is 1.85. The molecule has 0 aliphatic rings. The quantitative estimate of drug-likeness (QED) is 0.575. The number of fused-ring (bicyclic) bond motifs is 1. The van der Waals surface area contributed by atoms with E-state index in [-0.39, 0.29) is 0 Å². The Morgan fingerprint density at radius 3 is 3.00 bits per heavy atom. The SMILES string of the molecule is O=C=Nc1ccnc2ccc(Br)cc12. The molecule has 14 heavy (non-hydrogen) atoms. The Hall–Kier alpha value is -1.51. The topological polar surface area (TPSA) is 42.3 Å². The number of hydrogen-bond acceptors (Lipinski definition) is 3. The van der Waals surface area contributed by atoms with Crippen molar-refractivity contribution >= 4 is 38.6 Å². The summed E-state index contributed by atoms with van der Waals surface area (Å²) in [5.41, 5.74) is 1.40. The number of aromatic nitrogens is 1. The molecule has 1 aromatic heterocycles. The lowest BCUT2D eigenvalue weighted by Gasteiger charge is -1.99. The van der Waals surface area contributed by atoms with Gasteiger partial charge in [-0.05, 0) is 24.3 Å². The number of carbonyl (C=O) groups excluding carboxylic acids is 1. The number of halogens is 1. The van der Waals surface area contributed by atoms with E-state index in [1.165, 1.54) is 6.08 Å². The van der Waals surface area contributed by atoms with Gasteiger partial charge in [0, 0.05) is 16.1 Å². The first-order chi connectivity index (χ1) is 6.81. The van der Waals surface area contributed by atoms with Gasteiger partial charge in [-0.2, -0.15) is 4.99 Å². The van der Waals surface area contributed by atoms with E-state index in [0.29, 0.717) is 5.69 Å². The standard InChI is InChI=1S/C10H5BrN2O/c11-7-1-2-9-8(5-7)10(13-6-14)3-4-12-9/h1-5H. The molecule has 0 aliphatic heterocycles. The summed E-state index contributed by atoms with van der Waals surface area (Å²) in [6.07, 6.45) is 3.14. The number of nitrogens with zero attached hydrogens (tertiary/aromatic N) is 2. The Labute approximate surface area is 88.6 Å². The monoisotopic (exact) mass is 248 g/mol. The van der Waals surface area contributed by atoms with Crippen LogP contribution in [0.15, 0.2) is 39.9 Å². The number of rotatable bonds is 1. The lowest BCUT2D eigenvalue weighted by molar-refractivity contribution is 0.565. The van der Waals surface area contributed by atoms with Crippen LogP contribution in [-0.2, 0) is 4.79 Å². The average Bonchev–Trinajstić information content (AvgIpc) is 2.19. The van der Waals surface area contributed by atoms with Crippen LogP contribution in [0.3, 0.4) is 0 Å². The van der Waals surface area contributed by atoms with E-state index in [1.54, 1.807) is 12.3 Å². The Morgan fingerprint density at radius 2 is 2.21 bits per heavy atom. The van der Waals surface area contributed by atoms with Gasteiger partial charge in [-0.15, -0.1) is 0 Å². The van der Waals surface area contributed by atoms with Crippen molar-refractivity contribution in [3.8, 4) is 0 Å². The van der Waals surface area contributed by atoms with Gasteiger partial charge < -0.3 is 0 Å². The van der Waals surface area contributed by atoms with Crippen LogP contribution in [0.4, 0.5) is 5.69 Å². The van der Waals surface area contributed by atoms with Crippen LogP contribution >= 0.6 is 15.9 Å². The van der Waals surface area contributed by atoms with Crippen molar-refractivity contribution in [1.82, 2.24) is 4.98 Å². The van der Waals surface area contributed by atoms with Gasteiger partial charge in [0.05, 0.1) is 11.2 Å². The molecular formula is C10H5BrN2O. The molecule has 0 spiro atoms. The van der Waals surface area contributed by atoms with Crippen LogP contribution in [0, 0.1) is 0 Å². The number of hydrogen-bond donors (Lipinski definition) is 0. The smallest absolute Gasteiger partial charge is 0.240 e. The van der Waals surface area contributed by atoms with Gasteiger partial charge in [0.2, 0.25) is 6.08 Å². The maximum atomic E-state index is 10.2. The van der Waals surface area contributed by atoms with E-state index in [0.717, 1.165) is 15.4 Å². The van der Waals surface area contributed by atoms with Gasteiger partial charge in [-0.25, -0.2) is 4.79 Å². The van der Waals surface area contributed by atoms with Crippen molar-refractivity contribution in [2.24, 2.45) is 4.99 Å². The van der Waals surface area contributed by atoms with E-state index >= 15 is 0 Å². The van der Waals surface area contributed by atoms with Crippen molar-refractivity contribution in [2.75, 3.05) is 0 Å². The fourth-order valence-corrected chi connectivity index (χ4v) is 1.61. The molecule has 0 aliphatic carbocycles. The van der Waals surface area contributed by atoms with Crippen molar-refractivity contribution in [3.63, 3.8) is 0 Å². The summed E-state index contributed by atoms with van der Waals surface area (Å²) in [5, 5.41) is 0.838. The van der Waals surface area contributed by atoms with Crippen molar-refractivity contribution in [1.29, 1.82) is 0 Å². The van der Waals surface area contributed by atoms with Gasteiger partial charge in [0.15, 0.2) is 0 Å². The van der Waals surface area contributed by atoms with Crippen molar-refractivity contribution in [3.05, 3.63) is 34.9 Å². The lowest BCUT2D eigenvalue weighted by Crippen LogP contribution is -1.78. The van der Waals surface area contributed by atoms with Gasteiger partial charge in [-0.3, -0.25) is 4.98 Å². The highest BCUT2D eigenvalue weighted by atomic mass is 79.9. The molecule has 0 N–H and O–H groups in total. The Bertz CT molecular complexity index is 533. The number of isocyanates is 1. The van der Waals surface area contributed by atoms with E-state index in [1.807, 2.05) is 18.2 Å². The van der Waals surface area contributed by atoms with Crippen LogP contribution < -0.4 is 0 Å². The summed E-state index contributed by atoms with van der Waals surface area (Å²) in [6, 6.07) is 7.31. The van der Waals surface area contributed by atoms with E-state index in [9.17, 15) is 4.79 Å². The first-order valence-corrected chi connectivity index (χ1v) is 4.73. The van der Waals surface area contributed by atoms with Crippen molar-refractivity contribution in [2.45, 2.75) is 0 Å². The minimum absolute atomic E-state index is 0.589. The first-order valence-electron chi connectivity index (χ1n) is 3.93. The Balaban J connectivity index is 2.83. The normalized spacial score (nSPS) is 9.79. The summed E-state index contributed by atoms with van der Waals surface area (Å²) in [5.74, 6) is 0. The fourth-order valence-electron chi connectivity index (χ4n) is 1.25. The molecule has 4 heteroatoms. The molecule has 0 fully saturated rings. The highest BCUT2D eigenvalue weighted by Gasteiger charge is 2.00. The molecule has 68 valence electrons. The molecule has 0 atom stereocenters. The first kappa shape index (κ1) is 9.06. The van der Waals surface area contributed by atoms with E-state index < -0.39 is 0 Å². The average molecular weight is 249 g/mol. The summed E-state index contributed by atoms with van der Waals surface area (Å²) in [6.45, 7) is 0. The predicted octanol–water partition coefficient (Wildman–Crippen LogP) is 2.96. The molecule has 1 heterocycles. The summed E-state index contributed by atoms with van der Waals surface area (Å²) < 4.78 is 0.931. The van der Waals surface area contributed by atoms with E-state index in [4.69, 9.17) is 0 Å². The zero-order chi connectivity index (χ0) is 9.97. The molecule has 0 saturated heterocycles. The number of pyridine rings is 1. The zero-order valence-corrected chi connectivity index (χ0v) is 8.65. The minimum atomic E-state index is 0.589. The van der Waals surface area contributed by atoms with Gasteiger partial charge >= 0.3 is 0 Å². The van der Waals surface area contributed by atoms with Gasteiger partial charge in [0.25, 0.3) is 0 Å². The number of benzene rings is 1. The second kappa shape index (κ2) is 3.70. The Morgan fingerprint density at radius 1 is 1.36 bits per heavy atom. The molecule has 1 aromatic carbocycles. The molecule has 0 amide bonds. The Kier molecular flexibility index (Phi) is 2.39. The molecule has 2 aromatic rings. The third kappa shape index (κ3) is 1.58. The third-order valence-corrected chi connectivity index (χ3v) is 2.34. The highest BCUT2D eigenvalue weighted by Crippen LogP contribution is 2.26. The molecule has 2 rings (SSSR count). The molecule has 0 unspecified atom stereocenters. The van der Waals surface area contributed by atoms with Crippen LogP contribution in [0.2, 0.25) is 0 Å². The second-order valence-electron chi connectivity index (χ2n) is 2.69. The predicted molar refractivity (Wildman–Crippen MR) is 57.2 cm³/mol. The van der Waals surface area contributed by atoms with E-state index in [2.05, 4.69) is 25.9 Å². The minimum Gasteiger partial charge on any atom is -0.256 e. The zero-order valence-electron chi connectivity index (χ0n) is 7.07. The van der Waals surface area contributed by atoms with Crippen LogP contribution in [0.5, 0.6) is 0 Å². The molecule has 3 nitrogen and oxygen atoms in total. The fraction of sp³-hybridized carbons (Fsp3) is 0. The van der Waals surface area contributed by atoms with Crippen LogP contribution in [-0.4, -0.2) is 11.1 Å². The molecule has 0 bridgehead atoms. The maximum Gasteiger partial charge on any atom is 0.240 e. The lowest BCUT2D eigenvalue weighted by atomic mass is 10.2. The summed E-state index contributed by atoms with van der Waals surface area (Å²) in [7, 11) is 0. The largest absolute Gasteiger partial charge is 0.256 e. The van der Waals surface area contributed by atoms with Gasteiger partial charge in [0.1, 0.15) is 0 Å². The molecular weight excluding hydrogens is 244 g/mol. The second-order valence-corrected chi connectivity index (χ2v) is 3.61. The summed E-state index contributed by atoms with van der Waals surface area (Å²) >= 11 is 3.35. The maximum absolute atomic E-state index is 10.2. The highest BCUT2D eigenvalue weighted by molar-refractivity contribution is 9.10. The van der Waals surface area contributed by atoms with Crippen molar-refractivity contribution < 1.29 is 4.79 Å². The number of aliphatic imine (C=N–C) groups is 1. The van der Waals surface area contributed by atoms with Crippen LogP contribution in [0.1, 0.15) is 0 Å².